The van der Waals surface area contributed by atoms with Crippen LogP contribution < -0.4 is 0 Å². The fraction of sp³-hybridized carbons (Fsp3) is 0.714. The van der Waals surface area contributed by atoms with E-state index in [1.54, 1.807) is 10.9 Å². The molecule has 1 N–H and O–H groups in total. The molecule has 0 amide bonds. The van der Waals surface area contributed by atoms with Crippen molar-refractivity contribution in [3.05, 3.63) is 18.0 Å². The summed E-state index contributed by atoms with van der Waals surface area (Å²) < 4.78 is 6.83. The molecule has 0 radical (unpaired) electrons. The lowest BCUT2D eigenvalue weighted by atomic mass is 10.1. The van der Waals surface area contributed by atoms with Gasteiger partial charge in [-0.1, -0.05) is 13.3 Å². The highest BCUT2D eigenvalue weighted by atomic mass is 16.5. The van der Waals surface area contributed by atoms with Crippen LogP contribution in [0, 0.1) is 0 Å². The molecule has 108 valence electrons. The number of aliphatic hydroxyl groups excluding tert-OH is 1. The van der Waals surface area contributed by atoms with Crippen LogP contribution in [0.3, 0.4) is 0 Å². The second-order valence-corrected chi connectivity index (χ2v) is 4.98. The van der Waals surface area contributed by atoms with Crippen LogP contribution in [0.4, 0.5) is 0 Å². The van der Waals surface area contributed by atoms with E-state index in [2.05, 4.69) is 5.10 Å². The van der Waals surface area contributed by atoms with Crippen molar-refractivity contribution in [2.75, 3.05) is 6.61 Å². The number of unbranched alkanes of at least 4 members (excludes halogenated alkanes) is 1. The fourth-order valence-corrected chi connectivity index (χ4v) is 1.63. The molecule has 1 atom stereocenters. The lowest BCUT2D eigenvalue weighted by Crippen LogP contribution is -2.08. The van der Waals surface area contributed by atoms with Crippen LogP contribution in [0.2, 0.25) is 0 Å². The molecule has 19 heavy (non-hydrogen) atoms. The summed E-state index contributed by atoms with van der Waals surface area (Å²) in [7, 11) is 0. The summed E-state index contributed by atoms with van der Waals surface area (Å²) in [6.07, 6.45) is 5.29. The Morgan fingerprint density at radius 3 is 2.84 bits per heavy atom. The Bertz CT molecular complexity index is 388. The minimum Gasteiger partial charge on any atom is -0.466 e. The van der Waals surface area contributed by atoms with Crippen molar-refractivity contribution < 1.29 is 14.6 Å². The summed E-state index contributed by atoms with van der Waals surface area (Å²) in [6.45, 7) is 6.56. The standard InChI is InChI=1S/C14H24N2O3/c1-4-5-8-19-14(18)7-6-13(17)12-9-15-16(10-12)11(2)3/h9-11,13,17H,4-8H2,1-3H3. The number of aromatic nitrogens is 2. The van der Waals surface area contributed by atoms with Gasteiger partial charge in [0.1, 0.15) is 0 Å². The van der Waals surface area contributed by atoms with Crippen LogP contribution in [0.25, 0.3) is 0 Å². The second kappa shape index (κ2) is 7.94. The molecule has 0 aromatic carbocycles. The van der Waals surface area contributed by atoms with E-state index >= 15 is 0 Å². The quantitative estimate of drug-likeness (QED) is 0.581. The van der Waals surface area contributed by atoms with E-state index in [0.717, 1.165) is 18.4 Å². The van der Waals surface area contributed by atoms with Gasteiger partial charge < -0.3 is 9.84 Å². The van der Waals surface area contributed by atoms with E-state index in [-0.39, 0.29) is 18.4 Å². The van der Waals surface area contributed by atoms with Gasteiger partial charge in [0.2, 0.25) is 0 Å². The predicted octanol–water partition coefficient (Wildman–Crippen LogP) is 2.62. The lowest BCUT2D eigenvalue weighted by Gasteiger charge is -2.08. The number of rotatable bonds is 8. The zero-order valence-corrected chi connectivity index (χ0v) is 12.0. The number of esters is 1. The molecule has 5 heteroatoms. The van der Waals surface area contributed by atoms with Crippen molar-refractivity contribution in [1.29, 1.82) is 0 Å². The average molecular weight is 268 g/mol. The van der Waals surface area contributed by atoms with E-state index in [1.165, 1.54) is 0 Å². The topological polar surface area (TPSA) is 64.3 Å². The van der Waals surface area contributed by atoms with E-state index in [0.29, 0.717) is 13.0 Å². The summed E-state index contributed by atoms with van der Waals surface area (Å²) in [5.41, 5.74) is 0.745. The monoisotopic (exact) mass is 268 g/mol. The second-order valence-electron chi connectivity index (χ2n) is 4.98. The number of ether oxygens (including phenoxy) is 1. The summed E-state index contributed by atoms with van der Waals surface area (Å²) in [5.74, 6) is -0.247. The van der Waals surface area contributed by atoms with Gasteiger partial charge in [0.15, 0.2) is 0 Å². The first-order chi connectivity index (χ1) is 9.04. The van der Waals surface area contributed by atoms with Gasteiger partial charge >= 0.3 is 5.97 Å². The van der Waals surface area contributed by atoms with Gasteiger partial charge in [0.25, 0.3) is 0 Å². The van der Waals surface area contributed by atoms with Gasteiger partial charge in [-0.05, 0) is 26.7 Å². The molecule has 0 aliphatic rings. The minimum absolute atomic E-state index is 0.234. The molecule has 1 rings (SSSR count). The zero-order chi connectivity index (χ0) is 14.3. The third kappa shape index (κ3) is 5.42. The highest BCUT2D eigenvalue weighted by Crippen LogP contribution is 2.19. The SMILES string of the molecule is CCCCOC(=O)CCC(O)c1cnn(C(C)C)c1. The van der Waals surface area contributed by atoms with Crippen LogP contribution in [-0.4, -0.2) is 27.5 Å². The Kier molecular flexibility index (Phi) is 6.56. The maximum atomic E-state index is 11.4. The van der Waals surface area contributed by atoms with Crippen LogP contribution >= 0.6 is 0 Å². The van der Waals surface area contributed by atoms with Crippen LogP contribution in [-0.2, 0) is 9.53 Å². The molecule has 0 saturated heterocycles. The Balaban J connectivity index is 2.33. The Hall–Kier alpha value is -1.36. The third-order valence-corrected chi connectivity index (χ3v) is 2.92. The zero-order valence-electron chi connectivity index (χ0n) is 12.0. The fourth-order valence-electron chi connectivity index (χ4n) is 1.63. The first-order valence-electron chi connectivity index (χ1n) is 6.92. The van der Waals surface area contributed by atoms with Crippen molar-refractivity contribution >= 4 is 5.97 Å². The summed E-state index contributed by atoms with van der Waals surface area (Å²) in [4.78, 5) is 11.4. The van der Waals surface area contributed by atoms with Gasteiger partial charge in [-0.25, -0.2) is 0 Å². The maximum Gasteiger partial charge on any atom is 0.305 e. The molecule has 5 nitrogen and oxygen atoms in total. The van der Waals surface area contributed by atoms with Crippen LogP contribution in [0.5, 0.6) is 0 Å². The van der Waals surface area contributed by atoms with Crippen molar-refractivity contribution in [2.24, 2.45) is 0 Å². The van der Waals surface area contributed by atoms with E-state index in [1.807, 2.05) is 27.0 Å². The number of carbonyl (C=O) groups is 1. The van der Waals surface area contributed by atoms with E-state index in [9.17, 15) is 9.90 Å². The van der Waals surface area contributed by atoms with Crippen molar-refractivity contribution in [1.82, 2.24) is 9.78 Å². The third-order valence-electron chi connectivity index (χ3n) is 2.92. The molecular weight excluding hydrogens is 244 g/mol. The van der Waals surface area contributed by atoms with Gasteiger partial charge in [-0.15, -0.1) is 0 Å². The van der Waals surface area contributed by atoms with Crippen LogP contribution in [0.15, 0.2) is 12.4 Å². The highest BCUT2D eigenvalue weighted by Gasteiger charge is 2.13. The number of hydrogen-bond donors (Lipinski definition) is 1. The number of aliphatic hydroxyl groups is 1. The molecule has 0 fully saturated rings. The molecule has 0 bridgehead atoms. The summed E-state index contributed by atoms with van der Waals surface area (Å²) in [6, 6.07) is 0.264. The summed E-state index contributed by atoms with van der Waals surface area (Å²) >= 11 is 0. The van der Waals surface area contributed by atoms with Crippen LogP contribution in [0.1, 0.15) is 64.2 Å². The Morgan fingerprint density at radius 2 is 2.26 bits per heavy atom. The summed E-state index contributed by atoms with van der Waals surface area (Å²) in [5, 5.41) is 14.1. The molecule has 0 aliphatic heterocycles. The molecule has 1 unspecified atom stereocenters. The molecule has 1 heterocycles. The first-order valence-corrected chi connectivity index (χ1v) is 6.92. The maximum absolute atomic E-state index is 11.4. The first kappa shape index (κ1) is 15.7. The van der Waals surface area contributed by atoms with Crippen molar-refractivity contribution in [3.8, 4) is 0 Å². The molecule has 0 saturated carbocycles. The smallest absolute Gasteiger partial charge is 0.305 e. The highest BCUT2D eigenvalue weighted by molar-refractivity contribution is 5.69. The molecular formula is C14H24N2O3. The molecule has 1 aromatic heterocycles. The van der Waals surface area contributed by atoms with Crippen molar-refractivity contribution in [3.63, 3.8) is 0 Å². The number of hydrogen-bond acceptors (Lipinski definition) is 4. The average Bonchev–Trinajstić information content (AvgIpc) is 2.86. The molecule has 0 spiro atoms. The Labute approximate surface area is 114 Å². The van der Waals surface area contributed by atoms with Crippen molar-refractivity contribution in [2.45, 2.75) is 58.6 Å². The number of nitrogens with zero attached hydrogens (tertiary/aromatic N) is 2. The van der Waals surface area contributed by atoms with Gasteiger partial charge in [-0.2, -0.15) is 5.10 Å². The molecule has 1 aromatic rings. The lowest BCUT2D eigenvalue weighted by molar-refractivity contribution is -0.144. The number of carbonyl (C=O) groups excluding carboxylic acids is 1. The van der Waals surface area contributed by atoms with E-state index < -0.39 is 6.10 Å². The largest absolute Gasteiger partial charge is 0.466 e. The Morgan fingerprint density at radius 1 is 1.53 bits per heavy atom. The van der Waals surface area contributed by atoms with Gasteiger partial charge in [0.05, 0.1) is 18.9 Å². The predicted molar refractivity (Wildman–Crippen MR) is 72.7 cm³/mol. The van der Waals surface area contributed by atoms with E-state index in [4.69, 9.17) is 4.74 Å². The minimum atomic E-state index is -0.661. The van der Waals surface area contributed by atoms with Gasteiger partial charge in [-0.3, -0.25) is 9.48 Å². The molecule has 0 aliphatic carbocycles. The normalized spacial score (nSPS) is 12.7. The van der Waals surface area contributed by atoms with Gasteiger partial charge in [0, 0.05) is 24.2 Å².